The summed E-state index contributed by atoms with van der Waals surface area (Å²) in [6, 6.07) is 1.84. The first-order valence-corrected chi connectivity index (χ1v) is 5.02. The maximum absolute atomic E-state index is 7.16. The second-order valence-electron chi connectivity index (χ2n) is 2.70. The van der Waals surface area contributed by atoms with E-state index in [-0.39, 0.29) is 0 Å². The van der Waals surface area contributed by atoms with Crippen LogP contribution in [0, 0.1) is 12.3 Å². The van der Waals surface area contributed by atoms with Crippen LogP contribution >= 0.6 is 27.5 Å². The van der Waals surface area contributed by atoms with Crippen molar-refractivity contribution in [3.63, 3.8) is 0 Å². The molecule has 74 valence electrons. The Balaban J connectivity index is 3.35. The van der Waals surface area contributed by atoms with Crippen molar-refractivity contribution in [1.29, 1.82) is 5.41 Å². The second-order valence-corrected chi connectivity index (χ2v) is 3.81. The first-order valence-electron chi connectivity index (χ1n) is 3.85. The zero-order chi connectivity index (χ0) is 10.7. The molecule has 0 bridgehead atoms. The third kappa shape index (κ3) is 2.13. The lowest BCUT2D eigenvalue weighted by Crippen LogP contribution is -1.95. The topological polar surface area (TPSA) is 62.8 Å². The minimum atomic E-state index is 0.446. The SMILES string of the molecule is Cc1cc(/C(C=N)=C/N)c(Br)nc1Cl. The van der Waals surface area contributed by atoms with E-state index in [1.165, 1.54) is 12.4 Å². The maximum Gasteiger partial charge on any atom is 0.133 e. The van der Waals surface area contributed by atoms with E-state index >= 15 is 0 Å². The van der Waals surface area contributed by atoms with Gasteiger partial charge in [0.1, 0.15) is 9.76 Å². The standard InChI is InChI=1S/C9H9BrClN3/c1-5-2-7(6(3-12)4-13)8(10)14-9(5)11/h2-4,12H,13H2,1H3/b6-4+,12-3?. The highest BCUT2D eigenvalue weighted by Crippen LogP contribution is 2.25. The van der Waals surface area contributed by atoms with E-state index in [0.29, 0.717) is 15.3 Å². The van der Waals surface area contributed by atoms with Gasteiger partial charge in [-0.15, -0.1) is 0 Å². The third-order valence-electron chi connectivity index (χ3n) is 1.75. The first-order chi connectivity index (χ1) is 6.60. The van der Waals surface area contributed by atoms with E-state index in [2.05, 4.69) is 20.9 Å². The Morgan fingerprint density at radius 3 is 2.86 bits per heavy atom. The van der Waals surface area contributed by atoms with Crippen molar-refractivity contribution in [2.24, 2.45) is 5.73 Å². The van der Waals surface area contributed by atoms with Gasteiger partial charge >= 0.3 is 0 Å². The van der Waals surface area contributed by atoms with Crippen molar-refractivity contribution in [2.45, 2.75) is 6.92 Å². The second kappa shape index (κ2) is 4.57. The number of rotatable bonds is 2. The number of hydrogen-bond donors (Lipinski definition) is 2. The number of pyridine rings is 1. The zero-order valence-electron chi connectivity index (χ0n) is 7.51. The molecule has 1 heterocycles. The number of nitrogens with zero attached hydrogens (tertiary/aromatic N) is 1. The van der Waals surface area contributed by atoms with E-state index in [4.69, 9.17) is 22.7 Å². The highest BCUT2D eigenvalue weighted by Gasteiger charge is 2.08. The van der Waals surface area contributed by atoms with Gasteiger partial charge in [-0.3, -0.25) is 0 Å². The molecule has 1 aromatic rings. The lowest BCUT2D eigenvalue weighted by atomic mass is 10.1. The molecule has 0 aliphatic carbocycles. The fraction of sp³-hybridized carbons (Fsp3) is 0.111. The molecule has 1 aromatic heterocycles. The monoisotopic (exact) mass is 273 g/mol. The molecule has 0 aliphatic heterocycles. The highest BCUT2D eigenvalue weighted by atomic mass is 79.9. The Morgan fingerprint density at radius 1 is 1.71 bits per heavy atom. The van der Waals surface area contributed by atoms with Crippen LogP contribution in [-0.4, -0.2) is 11.2 Å². The molecular weight excluding hydrogens is 265 g/mol. The number of nitrogens with one attached hydrogen (secondary N) is 1. The van der Waals surface area contributed by atoms with Crippen LogP contribution in [0.4, 0.5) is 0 Å². The van der Waals surface area contributed by atoms with Crippen LogP contribution in [0.2, 0.25) is 5.15 Å². The van der Waals surface area contributed by atoms with Crippen molar-refractivity contribution in [3.8, 4) is 0 Å². The van der Waals surface area contributed by atoms with Gasteiger partial charge in [0.2, 0.25) is 0 Å². The summed E-state index contributed by atoms with van der Waals surface area (Å²) in [5, 5.41) is 7.61. The van der Waals surface area contributed by atoms with Crippen molar-refractivity contribution >= 4 is 39.3 Å². The number of aryl methyl sites for hydroxylation is 1. The molecule has 3 N–H and O–H groups in total. The molecule has 0 unspecified atom stereocenters. The van der Waals surface area contributed by atoms with E-state index in [9.17, 15) is 0 Å². The van der Waals surface area contributed by atoms with Gasteiger partial charge < -0.3 is 11.1 Å². The third-order valence-corrected chi connectivity index (χ3v) is 2.74. The Morgan fingerprint density at radius 2 is 2.36 bits per heavy atom. The number of aromatic nitrogens is 1. The largest absolute Gasteiger partial charge is 0.404 e. The van der Waals surface area contributed by atoms with Gasteiger partial charge in [0, 0.05) is 23.6 Å². The summed E-state index contributed by atoms with van der Waals surface area (Å²) in [4.78, 5) is 4.07. The van der Waals surface area contributed by atoms with Crippen LogP contribution in [0.5, 0.6) is 0 Å². The van der Waals surface area contributed by atoms with Gasteiger partial charge in [-0.25, -0.2) is 4.98 Å². The molecule has 0 amide bonds. The predicted octanol–water partition coefficient (Wildman–Crippen LogP) is 2.76. The molecule has 0 saturated carbocycles. The molecule has 0 atom stereocenters. The molecule has 0 aliphatic rings. The van der Waals surface area contributed by atoms with Crippen molar-refractivity contribution in [1.82, 2.24) is 4.98 Å². The summed E-state index contributed by atoms with van der Waals surface area (Å²) in [5.74, 6) is 0. The minimum Gasteiger partial charge on any atom is -0.404 e. The van der Waals surface area contributed by atoms with E-state index in [1.54, 1.807) is 0 Å². The average Bonchev–Trinajstić information content (AvgIpc) is 2.15. The summed E-state index contributed by atoms with van der Waals surface area (Å²) in [6.45, 7) is 1.85. The molecule has 1 rings (SSSR count). The smallest absolute Gasteiger partial charge is 0.133 e. The van der Waals surface area contributed by atoms with E-state index in [0.717, 1.165) is 11.1 Å². The van der Waals surface area contributed by atoms with Crippen LogP contribution < -0.4 is 5.73 Å². The van der Waals surface area contributed by atoms with Gasteiger partial charge in [0.05, 0.1) is 0 Å². The Bertz CT molecular complexity index is 401. The number of hydrogen-bond acceptors (Lipinski definition) is 3. The molecule has 0 saturated heterocycles. The van der Waals surface area contributed by atoms with Gasteiger partial charge in [-0.05, 0) is 34.5 Å². The normalized spacial score (nSPS) is 11.5. The molecule has 14 heavy (non-hydrogen) atoms. The number of allylic oxidation sites excluding steroid dienone is 1. The van der Waals surface area contributed by atoms with Crippen LogP contribution in [0.15, 0.2) is 16.9 Å². The molecule has 5 heteroatoms. The lowest BCUT2D eigenvalue weighted by molar-refractivity contribution is 1.21. The van der Waals surface area contributed by atoms with Crippen molar-refractivity contribution in [2.75, 3.05) is 0 Å². The Hall–Kier alpha value is -0.870. The number of halogens is 2. The Kier molecular flexibility index (Phi) is 3.66. The molecule has 0 aromatic carbocycles. The van der Waals surface area contributed by atoms with Crippen LogP contribution in [-0.2, 0) is 0 Å². The number of nitrogens with two attached hydrogens (primary N) is 1. The quantitative estimate of drug-likeness (QED) is 0.643. The Labute approximate surface area is 95.6 Å². The molecule has 3 nitrogen and oxygen atoms in total. The van der Waals surface area contributed by atoms with Crippen molar-refractivity contribution < 1.29 is 0 Å². The molecular formula is C9H9BrClN3. The summed E-state index contributed by atoms with van der Waals surface area (Å²) in [6.07, 6.45) is 2.54. The fourth-order valence-electron chi connectivity index (χ4n) is 0.988. The fourth-order valence-corrected chi connectivity index (χ4v) is 1.75. The van der Waals surface area contributed by atoms with Gasteiger partial charge in [-0.2, -0.15) is 0 Å². The minimum absolute atomic E-state index is 0.446. The summed E-state index contributed by atoms with van der Waals surface area (Å²) in [7, 11) is 0. The van der Waals surface area contributed by atoms with Gasteiger partial charge in [0.15, 0.2) is 0 Å². The van der Waals surface area contributed by atoms with Crippen LogP contribution in [0.3, 0.4) is 0 Å². The summed E-state index contributed by atoms with van der Waals surface area (Å²) < 4.78 is 0.591. The zero-order valence-corrected chi connectivity index (χ0v) is 9.85. The maximum atomic E-state index is 7.16. The van der Waals surface area contributed by atoms with Crippen molar-refractivity contribution in [3.05, 3.63) is 33.1 Å². The van der Waals surface area contributed by atoms with Crippen LogP contribution in [0.1, 0.15) is 11.1 Å². The highest BCUT2D eigenvalue weighted by molar-refractivity contribution is 9.10. The molecule has 0 fully saturated rings. The predicted molar refractivity (Wildman–Crippen MR) is 62.6 cm³/mol. The first kappa shape index (κ1) is 11.2. The van der Waals surface area contributed by atoms with E-state index in [1.807, 2.05) is 13.0 Å². The molecule has 0 radical (unpaired) electrons. The summed E-state index contributed by atoms with van der Waals surface area (Å²) in [5.41, 5.74) is 7.60. The molecule has 0 spiro atoms. The van der Waals surface area contributed by atoms with Gasteiger partial charge in [-0.1, -0.05) is 11.6 Å². The van der Waals surface area contributed by atoms with Gasteiger partial charge in [0.25, 0.3) is 0 Å². The summed E-state index contributed by atoms with van der Waals surface area (Å²) >= 11 is 9.10. The lowest BCUT2D eigenvalue weighted by Gasteiger charge is -2.06. The average molecular weight is 275 g/mol. The van der Waals surface area contributed by atoms with Crippen LogP contribution in [0.25, 0.3) is 5.57 Å². The van der Waals surface area contributed by atoms with E-state index < -0.39 is 0 Å².